The molecule has 0 bridgehead atoms. The highest BCUT2D eigenvalue weighted by atomic mass is 16.2. The predicted molar refractivity (Wildman–Crippen MR) is 128 cm³/mol. The van der Waals surface area contributed by atoms with Crippen LogP contribution in [-0.4, -0.2) is 60.1 Å². The lowest BCUT2D eigenvalue weighted by atomic mass is 10.0. The van der Waals surface area contributed by atoms with Crippen LogP contribution >= 0.6 is 0 Å². The van der Waals surface area contributed by atoms with Gasteiger partial charge in [0.05, 0.1) is 12.1 Å². The van der Waals surface area contributed by atoms with Gasteiger partial charge in [0.2, 0.25) is 5.91 Å². The third-order valence-electron chi connectivity index (χ3n) is 6.20. The lowest BCUT2D eigenvalue weighted by molar-refractivity contribution is -0.124. The first-order valence-corrected chi connectivity index (χ1v) is 11.3. The number of benzene rings is 1. The summed E-state index contributed by atoms with van der Waals surface area (Å²) in [6, 6.07) is 7.27. The van der Waals surface area contributed by atoms with Crippen LogP contribution in [-0.2, 0) is 16.1 Å². The minimum atomic E-state index is -0.320. The molecule has 1 fully saturated rings. The van der Waals surface area contributed by atoms with Crippen LogP contribution in [0.25, 0.3) is 0 Å². The summed E-state index contributed by atoms with van der Waals surface area (Å²) >= 11 is 0. The number of nitrogens with one attached hydrogen (secondary N) is 1. The molecule has 0 radical (unpaired) electrons. The number of rotatable bonds is 7. The van der Waals surface area contributed by atoms with Crippen LogP contribution in [0.15, 0.2) is 48.1 Å². The summed E-state index contributed by atoms with van der Waals surface area (Å²) < 4.78 is 0. The molecular formula is C26H37N3O3. The molecule has 174 valence electrons. The van der Waals surface area contributed by atoms with Crippen LogP contribution in [0.2, 0.25) is 0 Å². The molecule has 0 aromatic heterocycles. The molecule has 2 aliphatic rings. The van der Waals surface area contributed by atoms with E-state index in [0.29, 0.717) is 13.1 Å². The zero-order valence-electron chi connectivity index (χ0n) is 20.1. The quantitative estimate of drug-likeness (QED) is 0.521. The molecule has 1 aromatic carbocycles. The van der Waals surface area contributed by atoms with Crippen molar-refractivity contribution in [3.05, 3.63) is 59.2 Å². The topological polar surface area (TPSA) is 69.7 Å². The Morgan fingerprint density at radius 2 is 2.00 bits per heavy atom. The van der Waals surface area contributed by atoms with Gasteiger partial charge < -0.3 is 15.0 Å². The van der Waals surface area contributed by atoms with Gasteiger partial charge in [0.25, 0.3) is 5.91 Å². The summed E-state index contributed by atoms with van der Waals surface area (Å²) in [7, 11) is 2.01. The van der Waals surface area contributed by atoms with Gasteiger partial charge in [-0.15, -0.1) is 0 Å². The fourth-order valence-electron chi connectivity index (χ4n) is 4.15. The van der Waals surface area contributed by atoms with Gasteiger partial charge in [0.1, 0.15) is 6.29 Å². The Bertz CT molecular complexity index is 875. The number of likely N-dealkylation sites (tertiary alicyclic amines) is 1. The van der Waals surface area contributed by atoms with Crippen molar-refractivity contribution in [3.63, 3.8) is 0 Å². The Balaban J connectivity index is 0.000000227. The minimum absolute atomic E-state index is 0.0265. The number of hydrogen-bond acceptors (Lipinski definition) is 4. The van der Waals surface area contributed by atoms with Crippen LogP contribution in [0.1, 0.15) is 56.5 Å². The van der Waals surface area contributed by atoms with Gasteiger partial charge in [-0.1, -0.05) is 50.3 Å². The third kappa shape index (κ3) is 6.16. The fraction of sp³-hybridized carbons (Fsp3) is 0.500. The first-order valence-electron chi connectivity index (χ1n) is 11.3. The van der Waals surface area contributed by atoms with Crippen molar-refractivity contribution in [2.75, 3.05) is 20.1 Å². The van der Waals surface area contributed by atoms with Crippen LogP contribution in [0.3, 0.4) is 0 Å². The molecule has 32 heavy (non-hydrogen) atoms. The predicted octanol–water partition coefficient (Wildman–Crippen LogP) is 3.59. The van der Waals surface area contributed by atoms with Gasteiger partial charge in [-0.25, -0.2) is 0 Å². The zero-order chi connectivity index (χ0) is 23.8. The Hall–Kier alpha value is -2.73. The molecule has 2 heterocycles. The van der Waals surface area contributed by atoms with E-state index >= 15 is 0 Å². The standard InChI is InChI=1S/C13H22N2O.C13H15NO2/c1-5-11(10(2)3)9-14-13(16)12-7-6-8-15(12)4;1-9(2)12(8-15)14-7-10-5-3-4-6-11(10)13(14)16/h5,12H,2,6-9H2,1,3-4H3,(H,14,16);3-6,8-9,12H,7H2,1-2H3/b11-5-;. The van der Waals surface area contributed by atoms with E-state index < -0.39 is 0 Å². The van der Waals surface area contributed by atoms with Crippen LogP contribution in [0.5, 0.6) is 0 Å². The number of amides is 2. The average molecular weight is 440 g/mol. The molecule has 2 atom stereocenters. The van der Waals surface area contributed by atoms with E-state index in [-0.39, 0.29) is 29.8 Å². The summed E-state index contributed by atoms with van der Waals surface area (Å²) in [6.07, 6.45) is 4.96. The summed E-state index contributed by atoms with van der Waals surface area (Å²) in [5, 5.41) is 2.98. The Labute approximate surface area is 192 Å². The molecule has 1 aromatic rings. The summed E-state index contributed by atoms with van der Waals surface area (Å²) in [5.41, 5.74) is 3.87. The first kappa shape index (κ1) is 25.5. The summed E-state index contributed by atoms with van der Waals surface area (Å²) in [5.74, 6) is 0.262. The second-order valence-electron chi connectivity index (χ2n) is 8.91. The van der Waals surface area contributed by atoms with Gasteiger partial charge in [-0.2, -0.15) is 0 Å². The monoisotopic (exact) mass is 439 g/mol. The van der Waals surface area contributed by atoms with Crippen LogP contribution < -0.4 is 5.32 Å². The van der Waals surface area contributed by atoms with E-state index in [1.165, 1.54) is 0 Å². The largest absolute Gasteiger partial charge is 0.351 e. The number of allylic oxidation sites excluding steroid dienone is 1. The SMILES string of the molecule is C=C(C)/C(=C\C)CNC(=O)C1CCCN1C.CC(C)C(C=O)N1Cc2ccccc2C1=O. The van der Waals surface area contributed by atoms with Gasteiger partial charge in [-0.3, -0.25) is 14.5 Å². The van der Waals surface area contributed by atoms with Gasteiger partial charge in [0, 0.05) is 18.7 Å². The molecular weight excluding hydrogens is 402 g/mol. The van der Waals surface area contributed by atoms with Crippen molar-refractivity contribution >= 4 is 18.1 Å². The third-order valence-corrected chi connectivity index (χ3v) is 6.20. The molecule has 6 nitrogen and oxygen atoms in total. The minimum Gasteiger partial charge on any atom is -0.351 e. The molecule has 0 saturated carbocycles. The maximum atomic E-state index is 12.1. The second kappa shape index (κ2) is 11.8. The Morgan fingerprint density at radius 3 is 2.50 bits per heavy atom. The highest BCUT2D eigenvalue weighted by molar-refractivity contribution is 5.99. The fourth-order valence-corrected chi connectivity index (χ4v) is 4.15. The van der Waals surface area contributed by atoms with E-state index in [0.717, 1.165) is 47.9 Å². The first-order chi connectivity index (χ1) is 15.2. The van der Waals surface area contributed by atoms with Crippen molar-refractivity contribution < 1.29 is 14.4 Å². The molecule has 2 amide bonds. The van der Waals surface area contributed by atoms with E-state index in [2.05, 4.69) is 16.8 Å². The number of carbonyl (C=O) groups is 3. The van der Waals surface area contributed by atoms with Crippen LogP contribution in [0, 0.1) is 5.92 Å². The van der Waals surface area contributed by atoms with Crippen molar-refractivity contribution in [2.24, 2.45) is 5.92 Å². The van der Waals surface area contributed by atoms with E-state index in [9.17, 15) is 14.4 Å². The maximum absolute atomic E-state index is 12.1. The Morgan fingerprint density at radius 1 is 1.31 bits per heavy atom. The Kier molecular flexibility index (Phi) is 9.39. The van der Waals surface area contributed by atoms with E-state index in [1.807, 2.05) is 65.1 Å². The molecule has 2 aliphatic heterocycles. The average Bonchev–Trinajstić information content (AvgIpc) is 3.33. The molecule has 2 unspecified atom stereocenters. The number of likely N-dealkylation sites (N-methyl/N-ethyl adjacent to an activating group) is 1. The van der Waals surface area contributed by atoms with Gasteiger partial charge in [-0.05, 0) is 63.4 Å². The number of carbonyl (C=O) groups excluding carboxylic acids is 3. The van der Waals surface area contributed by atoms with Gasteiger partial charge >= 0.3 is 0 Å². The summed E-state index contributed by atoms with van der Waals surface area (Å²) in [6.45, 7) is 13.9. The molecule has 1 saturated heterocycles. The molecule has 3 rings (SSSR count). The maximum Gasteiger partial charge on any atom is 0.255 e. The lowest BCUT2D eigenvalue weighted by Crippen LogP contribution is -2.42. The number of fused-ring (bicyclic) bond motifs is 1. The number of aldehydes is 1. The van der Waals surface area contributed by atoms with Crippen molar-refractivity contribution in [2.45, 2.75) is 59.2 Å². The smallest absolute Gasteiger partial charge is 0.255 e. The molecule has 6 heteroatoms. The number of nitrogens with zero attached hydrogens (tertiary/aromatic N) is 2. The van der Waals surface area contributed by atoms with E-state index in [4.69, 9.17) is 0 Å². The lowest BCUT2D eigenvalue weighted by Gasteiger charge is -2.25. The van der Waals surface area contributed by atoms with E-state index in [1.54, 1.807) is 4.90 Å². The highest BCUT2D eigenvalue weighted by Gasteiger charge is 2.33. The zero-order valence-corrected chi connectivity index (χ0v) is 20.1. The van der Waals surface area contributed by atoms with Crippen molar-refractivity contribution in [1.82, 2.24) is 15.1 Å². The second-order valence-corrected chi connectivity index (χ2v) is 8.91. The van der Waals surface area contributed by atoms with Crippen LogP contribution in [0.4, 0.5) is 0 Å². The molecule has 0 spiro atoms. The normalized spacial score (nSPS) is 19.3. The number of hydrogen-bond donors (Lipinski definition) is 1. The van der Waals surface area contributed by atoms with Gasteiger partial charge in [0.15, 0.2) is 0 Å². The molecule has 0 aliphatic carbocycles. The van der Waals surface area contributed by atoms with Crippen molar-refractivity contribution in [1.29, 1.82) is 0 Å². The van der Waals surface area contributed by atoms with Crippen molar-refractivity contribution in [3.8, 4) is 0 Å². The highest BCUT2D eigenvalue weighted by Crippen LogP contribution is 2.26. The molecule has 1 N–H and O–H groups in total. The summed E-state index contributed by atoms with van der Waals surface area (Å²) in [4.78, 5) is 38.8.